The molecule has 1 heterocycles. The Morgan fingerprint density at radius 2 is 2.24 bits per heavy atom. The average molecular weight is 231 g/mol. The largest absolute Gasteiger partial charge is 0.397 e. The van der Waals surface area contributed by atoms with Crippen molar-refractivity contribution in [2.24, 2.45) is 12.8 Å². The summed E-state index contributed by atoms with van der Waals surface area (Å²) in [4.78, 5) is 11.1. The summed E-state index contributed by atoms with van der Waals surface area (Å²) in [5, 5.41) is 7.09. The minimum atomic E-state index is -0.487. The Balaban J connectivity index is 2.31. The first kappa shape index (κ1) is 11.0. The van der Waals surface area contributed by atoms with Crippen molar-refractivity contribution in [1.29, 1.82) is 0 Å². The zero-order chi connectivity index (χ0) is 12.4. The molecule has 0 radical (unpaired) electrons. The van der Waals surface area contributed by atoms with Gasteiger partial charge in [0.05, 0.1) is 23.3 Å². The van der Waals surface area contributed by atoms with Gasteiger partial charge < -0.3 is 16.8 Å². The SMILES string of the molecule is Cn1cc(Nc2cc(C(N)=O)ccc2N)cn1. The van der Waals surface area contributed by atoms with Gasteiger partial charge in [0.25, 0.3) is 0 Å². The van der Waals surface area contributed by atoms with Gasteiger partial charge in [0.2, 0.25) is 5.91 Å². The van der Waals surface area contributed by atoms with Gasteiger partial charge in [-0.05, 0) is 18.2 Å². The van der Waals surface area contributed by atoms with Crippen molar-refractivity contribution in [2.45, 2.75) is 0 Å². The quantitative estimate of drug-likeness (QED) is 0.682. The maximum Gasteiger partial charge on any atom is 0.248 e. The molecule has 1 amide bonds. The van der Waals surface area contributed by atoms with E-state index in [1.54, 1.807) is 35.3 Å². The van der Waals surface area contributed by atoms with Crippen molar-refractivity contribution < 1.29 is 4.79 Å². The number of primary amides is 1. The third-order valence-electron chi connectivity index (χ3n) is 2.32. The van der Waals surface area contributed by atoms with Gasteiger partial charge in [-0.1, -0.05) is 0 Å². The lowest BCUT2D eigenvalue weighted by Crippen LogP contribution is -2.11. The molecule has 6 heteroatoms. The number of benzene rings is 1. The van der Waals surface area contributed by atoms with Crippen molar-refractivity contribution in [3.05, 3.63) is 36.2 Å². The fraction of sp³-hybridized carbons (Fsp3) is 0.0909. The number of hydrogen-bond acceptors (Lipinski definition) is 4. The van der Waals surface area contributed by atoms with Crippen LogP contribution in [0, 0.1) is 0 Å². The van der Waals surface area contributed by atoms with Crippen LogP contribution in [0.2, 0.25) is 0 Å². The molecule has 0 saturated carbocycles. The lowest BCUT2D eigenvalue weighted by molar-refractivity contribution is 0.100. The minimum absolute atomic E-state index is 0.408. The van der Waals surface area contributed by atoms with Gasteiger partial charge >= 0.3 is 0 Å². The molecule has 0 spiro atoms. The molecular formula is C11H13N5O. The molecule has 0 bridgehead atoms. The molecule has 2 rings (SSSR count). The van der Waals surface area contributed by atoms with Crippen LogP contribution >= 0.6 is 0 Å². The predicted molar refractivity (Wildman–Crippen MR) is 65.9 cm³/mol. The van der Waals surface area contributed by atoms with Crippen molar-refractivity contribution in [1.82, 2.24) is 9.78 Å². The Morgan fingerprint density at radius 1 is 1.47 bits per heavy atom. The van der Waals surface area contributed by atoms with E-state index in [0.29, 0.717) is 16.9 Å². The van der Waals surface area contributed by atoms with Crippen LogP contribution < -0.4 is 16.8 Å². The van der Waals surface area contributed by atoms with Crippen LogP contribution in [-0.4, -0.2) is 15.7 Å². The van der Waals surface area contributed by atoms with Crippen LogP contribution in [0.5, 0.6) is 0 Å². The molecule has 1 aromatic carbocycles. The molecule has 2 aromatic rings. The highest BCUT2D eigenvalue weighted by molar-refractivity contribution is 5.95. The highest BCUT2D eigenvalue weighted by Crippen LogP contribution is 2.23. The zero-order valence-corrected chi connectivity index (χ0v) is 9.34. The summed E-state index contributed by atoms with van der Waals surface area (Å²) in [6.07, 6.45) is 3.47. The van der Waals surface area contributed by atoms with Crippen LogP contribution in [0.15, 0.2) is 30.6 Å². The number of aryl methyl sites for hydroxylation is 1. The molecule has 17 heavy (non-hydrogen) atoms. The molecule has 0 aliphatic heterocycles. The molecule has 5 N–H and O–H groups in total. The number of amides is 1. The molecule has 1 aromatic heterocycles. The van der Waals surface area contributed by atoms with E-state index in [1.165, 1.54) is 0 Å². The Hall–Kier alpha value is -2.50. The highest BCUT2D eigenvalue weighted by atomic mass is 16.1. The number of aromatic nitrogens is 2. The van der Waals surface area contributed by atoms with Gasteiger partial charge in [-0.2, -0.15) is 5.10 Å². The maximum absolute atomic E-state index is 11.1. The number of carbonyl (C=O) groups is 1. The lowest BCUT2D eigenvalue weighted by atomic mass is 10.1. The van der Waals surface area contributed by atoms with E-state index in [2.05, 4.69) is 10.4 Å². The Bertz CT molecular complexity index is 561. The second-order valence-electron chi connectivity index (χ2n) is 3.69. The minimum Gasteiger partial charge on any atom is -0.397 e. The van der Waals surface area contributed by atoms with Crippen LogP contribution in [0.4, 0.5) is 17.1 Å². The fourth-order valence-corrected chi connectivity index (χ4v) is 1.46. The molecule has 0 aliphatic rings. The number of carbonyl (C=O) groups excluding carboxylic acids is 1. The average Bonchev–Trinajstić information content (AvgIpc) is 2.67. The van der Waals surface area contributed by atoms with Crippen LogP contribution in [0.3, 0.4) is 0 Å². The summed E-state index contributed by atoms with van der Waals surface area (Å²) in [5.41, 5.74) is 13.4. The van der Waals surface area contributed by atoms with Gasteiger partial charge in [0, 0.05) is 18.8 Å². The predicted octanol–water partition coefficient (Wildman–Crippen LogP) is 0.845. The normalized spacial score (nSPS) is 10.2. The number of nitrogen functional groups attached to an aromatic ring is 1. The summed E-state index contributed by atoms with van der Waals surface area (Å²) in [7, 11) is 1.81. The maximum atomic E-state index is 11.1. The molecule has 88 valence electrons. The summed E-state index contributed by atoms with van der Waals surface area (Å²) in [5.74, 6) is -0.487. The molecular weight excluding hydrogens is 218 g/mol. The summed E-state index contributed by atoms with van der Waals surface area (Å²) < 4.78 is 1.66. The van der Waals surface area contributed by atoms with Crippen molar-refractivity contribution in [3.8, 4) is 0 Å². The second-order valence-corrected chi connectivity index (χ2v) is 3.69. The molecule has 6 nitrogen and oxygen atoms in total. The molecule has 0 atom stereocenters. The number of hydrogen-bond donors (Lipinski definition) is 3. The van der Waals surface area contributed by atoms with Crippen molar-refractivity contribution in [2.75, 3.05) is 11.1 Å². The third kappa shape index (κ3) is 2.36. The van der Waals surface area contributed by atoms with Gasteiger partial charge in [-0.25, -0.2) is 0 Å². The Labute approximate surface area is 98.2 Å². The smallest absolute Gasteiger partial charge is 0.248 e. The van der Waals surface area contributed by atoms with Crippen LogP contribution in [-0.2, 0) is 7.05 Å². The van der Waals surface area contributed by atoms with E-state index in [9.17, 15) is 4.79 Å². The molecule has 0 unspecified atom stereocenters. The number of nitrogens with one attached hydrogen (secondary N) is 1. The topological polar surface area (TPSA) is 99.0 Å². The monoisotopic (exact) mass is 231 g/mol. The third-order valence-corrected chi connectivity index (χ3v) is 2.32. The van der Waals surface area contributed by atoms with E-state index in [-0.39, 0.29) is 0 Å². The Morgan fingerprint density at radius 3 is 2.82 bits per heavy atom. The van der Waals surface area contributed by atoms with Gasteiger partial charge in [0.1, 0.15) is 0 Å². The van der Waals surface area contributed by atoms with E-state index >= 15 is 0 Å². The van der Waals surface area contributed by atoms with Gasteiger partial charge in [0.15, 0.2) is 0 Å². The van der Waals surface area contributed by atoms with E-state index in [1.807, 2.05) is 7.05 Å². The van der Waals surface area contributed by atoms with E-state index in [4.69, 9.17) is 11.5 Å². The standard InChI is InChI=1S/C11H13N5O/c1-16-6-8(5-14-16)15-10-4-7(11(13)17)2-3-9(10)12/h2-6,15H,12H2,1H3,(H2,13,17). The highest BCUT2D eigenvalue weighted by Gasteiger charge is 2.06. The summed E-state index contributed by atoms with van der Waals surface area (Å²) >= 11 is 0. The number of nitrogens with zero attached hydrogens (tertiary/aromatic N) is 2. The van der Waals surface area contributed by atoms with Crippen molar-refractivity contribution in [3.63, 3.8) is 0 Å². The van der Waals surface area contributed by atoms with Crippen LogP contribution in [0.1, 0.15) is 10.4 Å². The van der Waals surface area contributed by atoms with Gasteiger partial charge in [-0.3, -0.25) is 9.48 Å². The fourth-order valence-electron chi connectivity index (χ4n) is 1.46. The van der Waals surface area contributed by atoms with E-state index in [0.717, 1.165) is 5.69 Å². The summed E-state index contributed by atoms with van der Waals surface area (Å²) in [6, 6.07) is 4.84. The van der Waals surface area contributed by atoms with Crippen LogP contribution in [0.25, 0.3) is 0 Å². The number of rotatable bonds is 3. The first-order valence-corrected chi connectivity index (χ1v) is 5.01. The lowest BCUT2D eigenvalue weighted by Gasteiger charge is -2.08. The second kappa shape index (κ2) is 4.17. The zero-order valence-electron chi connectivity index (χ0n) is 9.34. The molecule has 0 aliphatic carbocycles. The first-order chi connectivity index (χ1) is 8.06. The van der Waals surface area contributed by atoms with E-state index < -0.39 is 5.91 Å². The summed E-state index contributed by atoms with van der Waals surface area (Å²) in [6.45, 7) is 0. The Kier molecular flexibility index (Phi) is 2.70. The number of nitrogens with two attached hydrogens (primary N) is 2. The molecule has 0 fully saturated rings. The van der Waals surface area contributed by atoms with Gasteiger partial charge in [-0.15, -0.1) is 0 Å². The van der Waals surface area contributed by atoms with Crippen molar-refractivity contribution >= 4 is 23.0 Å². The number of anilines is 3. The first-order valence-electron chi connectivity index (χ1n) is 5.01. The molecule has 0 saturated heterocycles.